The number of hydrogen-bond donors (Lipinski definition) is 1. The summed E-state index contributed by atoms with van der Waals surface area (Å²) in [6.07, 6.45) is 4.56. The van der Waals surface area contributed by atoms with Gasteiger partial charge in [-0.1, -0.05) is 0 Å². The van der Waals surface area contributed by atoms with Crippen LogP contribution in [0.1, 0.15) is 12.5 Å². The monoisotopic (exact) mass is 367 g/mol. The van der Waals surface area contributed by atoms with Crippen LogP contribution in [0.3, 0.4) is 0 Å². The van der Waals surface area contributed by atoms with Crippen LogP contribution in [0.15, 0.2) is 34.4 Å². The lowest BCUT2D eigenvalue weighted by atomic mass is 10.2. The van der Waals surface area contributed by atoms with Crippen molar-refractivity contribution < 1.29 is 14.3 Å². The number of nitrogens with zero attached hydrogens (tertiary/aromatic N) is 4. The standard InChI is InChI=1S/C13H14BrN5O3/c1-2-21-11-4-9(5-18-19-7-16-17-8-19)3-10(14)13(11)22-6-12(15)20/h3-5,7-8H,2,6H2,1H3,(H2,15,20). The molecule has 1 aromatic heterocycles. The van der Waals surface area contributed by atoms with Crippen LogP contribution in [0.25, 0.3) is 0 Å². The molecule has 2 N–H and O–H groups in total. The third kappa shape index (κ3) is 4.29. The van der Waals surface area contributed by atoms with Gasteiger partial charge in [0.05, 0.1) is 17.3 Å². The van der Waals surface area contributed by atoms with Crippen molar-refractivity contribution in [3.8, 4) is 11.5 Å². The van der Waals surface area contributed by atoms with Crippen molar-refractivity contribution in [2.24, 2.45) is 10.8 Å². The van der Waals surface area contributed by atoms with Gasteiger partial charge in [0.1, 0.15) is 12.7 Å². The highest BCUT2D eigenvalue weighted by molar-refractivity contribution is 9.10. The summed E-state index contributed by atoms with van der Waals surface area (Å²) in [5.41, 5.74) is 5.86. The van der Waals surface area contributed by atoms with Crippen molar-refractivity contribution in [2.45, 2.75) is 6.92 Å². The Labute approximate surface area is 135 Å². The molecule has 1 amide bonds. The molecule has 0 bridgehead atoms. The second kappa shape index (κ2) is 7.55. The average Bonchev–Trinajstić information content (AvgIpc) is 2.97. The van der Waals surface area contributed by atoms with Gasteiger partial charge in [-0.2, -0.15) is 5.10 Å². The zero-order valence-corrected chi connectivity index (χ0v) is 13.4. The maximum absolute atomic E-state index is 10.9. The molecule has 0 aliphatic carbocycles. The highest BCUT2D eigenvalue weighted by Crippen LogP contribution is 2.36. The number of hydrogen-bond acceptors (Lipinski definition) is 6. The van der Waals surface area contributed by atoms with E-state index < -0.39 is 5.91 Å². The summed E-state index contributed by atoms with van der Waals surface area (Å²) in [4.78, 5) is 10.9. The Hall–Kier alpha value is -2.42. The van der Waals surface area contributed by atoms with Gasteiger partial charge < -0.3 is 15.2 Å². The first kappa shape index (κ1) is 16.0. The molecule has 8 nitrogen and oxygen atoms in total. The van der Waals surface area contributed by atoms with Crippen molar-refractivity contribution in [1.82, 2.24) is 14.9 Å². The fourth-order valence-electron chi connectivity index (χ4n) is 1.60. The summed E-state index contributed by atoms with van der Waals surface area (Å²) in [6.45, 7) is 2.07. The molecule has 116 valence electrons. The fraction of sp³-hybridized carbons (Fsp3) is 0.231. The van der Waals surface area contributed by atoms with Crippen molar-refractivity contribution in [3.05, 3.63) is 34.8 Å². The van der Waals surface area contributed by atoms with Crippen molar-refractivity contribution in [3.63, 3.8) is 0 Å². The molecular weight excluding hydrogens is 354 g/mol. The van der Waals surface area contributed by atoms with Crippen LogP contribution in [-0.2, 0) is 4.79 Å². The van der Waals surface area contributed by atoms with Gasteiger partial charge in [0, 0.05) is 0 Å². The third-order valence-electron chi connectivity index (χ3n) is 2.44. The maximum atomic E-state index is 10.9. The van der Waals surface area contributed by atoms with E-state index in [9.17, 15) is 4.79 Å². The molecule has 0 fully saturated rings. The Balaban J connectivity index is 2.27. The Kier molecular flexibility index (Phi) is 5.48. The summed E-state index contributed by atoms with van der Waals surface area (Å²) < 4.78 is 13.0. The number of carbonyl (C=O) groups is 1. The van der Waals surface area contributed by atoms with Gasteiger partial charge in [-0.05, 0) is 40.5 Å². The van der Waals surface area contributed by atoms with E-state index in [4.69, 9.17) is 15.2 Å². The van der Waals surface area contributed by atoms with Crippen LogP contribution in [0.5, 0.6) is 11.5 Å². The molecular formula is C13H14BrN5O3. The molecule has 0 spiro atoms. The SMILES string of the molecule is CCOc1cc(C=Nn2cnnc2)cc(Br)c1OCC(N)=O. The number of aromatic nitrogens is 3. The normalized spacial score (nSPS) is 10.8. The van der Waals surface area contributed by atoms with Crippen molar-refractivity contribution in [2.75, 3.05) is 13.2 Å². The summed E-state index contributed by atoms with van der Waals surface area (Å²) in [7, 11) is 0. The van der Waals surface area contributed by atoms with Crippen LogP contribution < -0.4 is 15.2 Å². The number of primary amides is 1. The number of ether oxygens (including phenoxy) is 2. The third-order valence-corrected chi connectivity index (χ3v) is 3.03. The first-order chi connectivity index (χ1) is 10.6. The molecule has 0 aliphatic rings. The molecule has 0 saturated heterocycles. The molecule has 0 aliphatic heterocycles. The molecule has 22 heavy (non-hydrogen) atoms. The van der Waals surface area contributed by atoms with Crippen LogP contribution in [-0.4, -0.2) is 40.2 Å². The zero-order chi connectivity index (χ0) is 15.9. The number of rotatable bonds is 7. The lowest BCUT2D eigenvalue weighted by Gasteiger charge is -2.13. The second-order valence-electron chi connectivity index (χ2n) is 4.10. The average molecular weight is 368 g/mol. The molecule has 2 aromatic rings. The summed E-state index contributed by atoms with van der Waals surface area (Å²) in [5.74, 6) is 0.345. The van der Waals surface area contributed by atoms with Gasteiger partial charge in [-0.3, -0.25) is 4.79 Å². The molecule has 0 atom stereocenters. The zero-order valence-electron chi connectivity index (χ0n) is 11.8. The van der Waals surface area contributed by atoms with Crippen LogP contribution in [0.4, 0.5) is 0 Å². The quantitative estimate of drug-likeness (QED) is 0.739. The Morgan fingerprint density at radius 1 is 1.41 bits per heavy atom. The maximum Gasteiger partial charge on any atom is 0.255 e. The lowest BCUT2D eigenvalue weighted by molar-refractivity contribution is -0.119. The smallest absolute Gasteiger partial charge is 0.255 e. The number of amides is 1. The van der Waals surface area contributed by atoms with E-state index in [1.54, 1.807) is 18.3 Å². The van der Waals surface area contributed by atoms with Gasteiger partial charge in [0.2, 0.25) is 0 Å². The predicted octanol–water partition coefficient (Wildman–Crippen LogP) is 1.19. The molecule has 0 saturated carbocycles. The van der Waals surface area contributed by atoms with E-state index in [0.717, 1.165) is 5.56 Å². The van der Waals surface area contributed by atoms with Gasteiger partial charge in [-0.15, -0.1) is 10.2 Å². The van der Waals surface area contributed by atoms with Crippen LogP contribution in [0, 0.1) is 0 Å². The van der Waals surface area contributed by atoms with Crippen molar-refractivity contribution >= 4 is 28.1 Å². The molecule has 1 heterocycles. The van der Waals surface area contributed by atoms with Gasteiger partial charge in [0.25, 0.3) is 5.91 Å². The number of benzene rings is 1. The number of nitrogens with two attached hydrogens (primary N) is 1. The van der Waals surface area contributed by atoms with E-state index in [0.29, 0.717) is 22.6 Å². The highest BCUT2D eigenvalue weighted by atomic mass is 79.9. The molecule has 1 aromatic carbocycles. The predicted molar refractivity (Wildman–Crippen MR) is 83.0 cm³/mol. The Morgan fingerprint density at radius 3 is 2.77 bits per heavy atom. The lowest BCUT2D eigenvalue weighted by Crippen LogP contribution is -2.20. The van der Waals surface area contributed by atoms with E-state index in [1.807, 2.05) is 6.92 Å². The first-order valence-electron chi connectivity index (χ1n) is 6.36. The summed E-state index contributed by atoms with van der Waals surface area (Å²) in [6, 6.07) is 3.53. The molecule has 2 rings (SSSR count). The first-order valence-corrected chi connectivity index (χ1v) is 7.16. The van der Waals surface area contributed by atoms with Crippen LogP contribution in [0.2, 0.25) is 0 Å². The minimum Gasteiger partial charge on any atom is -0.490 e. The minimum atomic E-state index is -0.562. The molecule has 0 unspecified atom stereocenters. The van der Waals surface area contributed by atoms with Gasteiger partial charge in [0.15, 0.2) is 18.1 Å². The second-order valence-corrected chi connectivity index (χ2v) is 4.96. The van der Waals surface area contributed by atoms with E-state index in [2.05, 4.69) is 31.2 Å². The van der Waals surface area contributed by atoms with E-state index >= 15 is 0 Å². The van der Waals surface area contributed by atoms with Gasteiger partial charge in [-0.25, -0.2) is 4.68 Å². The Bertz CT molecular complexity index is 673. The largest absolute Gasteiger partial charge is 0.490 e. The van der Waals surface area contributed by atoms with Crippen LogP contribution >= 0.6 is 15.9 Å². The summed E-state index contributed by atoms with van der Waals surface area (Å²) in [5, 5.41) is 11.5. The molecule has 9 heteroatoms. The minimum absolute atomic E-state index is 0.229. The fourth-order valence-corrected chi connectivity index (χ4v) is 2.17. The topological polar surface area (TPSA) is 105 Å². The van der Waals surface area contributed by atoms with Crippen molar-refractivity contribution in [1.29, 1.82) is 0 Å². The van der Waals surface area contributed by atoms with Gasteiger partial charge >= 0.3 is 0 Å². The highest BCUT2D eigenvalue weighted by Gasteiger charge is 2.12. The van der Waals surface area contributed by atoms with E-state index in [1.165, 1.54) is 17.3 Å². The summed E-state index contributed by atoms with van der Waals surface area (Å²) >= 11 is 3.39. The van der Waals surface area contributed by atoms with E-state index in [-0.39, 0.29) is 6.61 Å². The molecule has 0 radical (unpaired) electrons. The number of carbonyl (C=O) groups excluding carboxylic acids is 1. The number of halogens is 1. The Morgan fingerprint density at radius 2 is 2.14 bits per heavy atom.